The van der Waals surface area contributed by atoms with Crippen LogP contribution in [0.4, 0.5) is 0 Å². The van der Waals surface area contributed by atoms with Crippen LogP contribution in [0.5, 0.6) is 0 Å². The van der Waals surface area contributed by atoms with Gasteiger partial charge in [0.25, 0.3) is 0 Å². The summed E-state index contributed by atoms with van der Waals surface area (Å²) in [6.07, 6.45) is 1.71. The van der Waals surface area contributed by atoms with Crippen LogP contribution >= 0.6 is 27.3 Å². The molecule has 1 unspecified atom stereocenters. The van der Waals surface area contributed by atoms with Gasteiger partial charge in [0.2, 0.25) is 5.91 Å². The standard InChI is InChI=1S/C15H14BrNOS/c16-13-4-3-10-6-12(7-11(10)8-13)15(18)17-9-14-2-1-5-19-14/h1-5,8,12H,6-7,9H2,(H,17,18). The summed E-state index contributed by atoms with van der Waals surface area (Å²) in [5.74, 6) is 0.255. The van der Waals surface area contributed by atoms with Gasteiger partial charge in [-0.05, 0) is 47.5 Å². The number of hydrogen-bond donors (Lipinski definition) is 1. The molecule has 2 nitrogen and oxygen atoms in total. The SMILES string of the molecule is O=C(NCc1cccs1)C1Cc2ccc(Br)cc2C1. The fourth-order valence-electron chi connectivity index (χ4n) is 2.50. The van der Waals surface area contributed by atoms with Crippen molar-refractivity contribution in [2.45, 2.75) is 19.4 Å². The Kier molecular flexibility index (Phi) is 3.71. The number of amides is 1. The van der Waals surface area contributed by atoms with Gasteiger partial charge in [-0.3, -0.25) is 4.79 Å². The third-order valence-corrected chi connectivity index (χ3v) is 4.86. The van der Waals surface area contributed by atoms with E-state index in [2.05, 4.69) is 33.4 Å². The van der Waals surface area contributed by atoms with Crippen LogP contribution in [-0.4, -0.2) is 5.91 Å². The van der Waals surface area contributed by atoms with Gasteiger partial charge in [0, 0.05) is 15.3 Å². The van der Waals surface area contributed by atoms with E-state index in [9.17, 15) is 4.79 Å². The molecule has 0 saturated heterocycles. The van der Waals surface area contributed by atoms with E-state index < -0.39 is 0 Å². The van der Waals surface area contributed by atoms with Gasteiger partial charge >= 0.3 is 0 Å². The van der Waals surface area contributed by atoms with Crippen molar-refractivity contribution < 1.29 is 4.79 Å². The van der Waals surface area contributed by atoms with Crippen LogP contribution in [0.15, 0.2) is 40.2 Å². The van der Waals surface area contributed by atoms with Gasteiger partial charge in [-0.2, -0.15) is 0 Å². The summed E-state index contributed by atoms with van der Waals surface area (Å²) in [4.78, 5) is 13.4. The Morgan fingerprint density at radius 1 is 1.32 bits per heavy atom. The van der Waals surface area contributed by atoms with Crippen LogP contribution in [0.25, 0.3) is 0 Å². The molecule has 1 aromatic heterocycles. The van der Waals surface area contributed by atoms with Gasteiger partial charge in [0.1, 0.15) is 0 Å². The van der Waals surface area contributed by atoms with Crippen LogP contribution < -0.4 is 5.32 Å². The smallest absolute Gasteiger partial charge is 0.224 e. The normalized spacial score (nSPS) is 17.2. The molecule has 0 aliphatic heterocycles. The first-order chi connectivity index (χ1) is 9.22. The van der Waals surface area contributed by atoms with Crippen LogP contribution in [0.2, 0.25) is 0 Å². The lowest BCUT2D eigenvalue weighted by Gasteiger charge is -2.09. The Morgan fingerprint density at radius 3 is 2.95 bits per heavy atom. The monoisotopic (exact) mass is 335 g/mol. The van der Waals surface area contributed by atoms with E-state index in [1.165, 1.54) is 16.0 Å². The molecule has 98 valence electrons. The third-order valence-electron chi connectivity index (χ3n) is 3.49. The molecule has 1 heterocycles. The summed E-state index contributed by atoms with van der Waals surface area (Å²) < 4.78 is 1.09. The summed E-state index contributed by atoms with van der Waals surface area (Å²) >= 11 is 5.16. The molecule has 2 aromatic rings. The molecule has 4 heteroatoms. The quantitative estimate of drug-likeness (QED) is 0.913. The molecule has 0 radical (unpaired) electrons. The van der Waals surface area contributed by atoms with E-state index >= 15 is 0 Å². The summed E-state index contributed by atoms with van der Waals surface area (Å²) in [7, 11) is 0. The van der Waals surface area contributed by atoms with Gasteiger partial charge in [-0.25, -0.2) is 0 Å². The fourth-order valence-corrected chi connectivity index (χ4v) is 3.56. The zero-order valence-electron chi connectivity index (χ0n) is 10.4. The van der Waals surface area contributed by atoms with E-state index in [-0.39, 0.29) is 11.8 Å². The predicted octanol–water partition coefficient (Wildman–Crippen LogP) is 3.54. The zero-order chi connectivity index (χ0) is 13.2. The number of thiophene rings is 1. The van der Waals surface area contributed by atoms with Crippen LogP contribution in [0.3, 0.4) is 0 Å². The Balaban J connectivity index is 1.61. The third kappa shape index (κ3) is 2.90. The number of carbonyl (C=O) groups is 1. The van der Waals surface area contributed by atoms with Crippen molar-refractivity contribution in [1.82, 2.24) is 5.32 Å². The van der Waals surface area contributed by atoms with Crippen molar-refractivity contribution in [3.63, 3.8) is 0 Å². The molecular weight excluding hydrogens is 322 g/mol. The molecule has 1 aliphatic carbocycles. The molecule has 1 atom stereocenters. The van der Waals surface area contributed by atoms with Gasteiger partial charge in [0.05, 0.1) is 6.54 Å². The van der Waals surface area contributed by atoms with Gasteiger partial charge in [0.15, 0.2) is 0 Å². The maximum absolute atomic E-state index is 12.2. The number of hydrogen-bond acceptors (Lipinski definition) is 2. The minimum atomic E-state index is 0.0873. The second-order valence-electron chi connectivity index (χ2n) is 4.82. The van der Waals surface area contributed by atoms with E-state index in [1.54, 1.807) is 11.3 Å². The summed E-state index contributed by atoms with van der Waals surface area (Å²) in [5.41, 5.74) is 2.60. The number of rotatable bonds is 3. The highest BCUT2D eigenvalue weighted by Crippen LogP contribution is 2.29. The minimum Gasteiger partial charge on any atom is -0.351 e. The molecule has 0 fully saturated rings. The van der Waals surface area contributed by atoms with Crippen molar-refractivity contribution in [2.75, 3.05) is 0 Å². The average molecular weight is 336 g/mol. The summed E-state index contributed by atoms with van der Waals surface area (Å²) in [6, 6.07) is 10.3. The zero-order valence-corrected chi connectivity index (χ0v) is 12.8. The summed E-state index contributed by atoms with van der Waals surface area (Å²) in [5, 5.41) is 5.07. The highest BCUT2D eigenvalue weighted by molar-refractivity contribution is 9.10. The average Bonchev–Trinajstić information content (AvgIpc) is 3.04. The Bertz CT molecular complexity index is 594. The topological polar surface area (TPSA) is 29.1 Å². The molecule has 1 amide bonds. The second kappa shape index (κ2) is 5.47. The van der Waals surface area contributed by atoms with Crippen molar-refractivity contribution in [3.8, 4) is 0 Å². The van der Waals surface area contributed by atoms with Crippen LogP contribution in [-0.2, 0) is 24.2 Å². The van der Waals surface area contributed by atoms with Gasteiger partial charge < -0.3 is 5.32 Å². The molecule has 0 spiro atoms. The first kappa shape index (κ1) is 12.9. The van der Waals surface area contributed by atoms with E-state index in [1.807, 2.05) is 23.6 Å². The van der Waals surface area contributed by atoms with Crippen molar-refractivity contribution in [2.24, 2.45) is 5.92 Å². The lowest BCUT2D eigenvalue weighted by molar-refractivity contribution is -0.124. The number of fused-ring (bicyclic) bond motifs is 1. The first-order valence-electron chi connectivity index (χ1n) is 6.30. The van der Waals surface area contributed by atoms with E-state index in [4.69, 9.17) is 0 Å². The number of carbonyl (C=O) groups excluding carboxylic acids is 1. The highest BCUT2D eigenvalue weighted by atomic mass is 79.9. The van der Waals surface area contributed by atoms with Crippen LogP contribution in [0, 0.1) is 5.92 Å². The molecule has 1 N–H and O–H groups in total. The maximum atomic E-state index is 12.2. The first-order valence-corrected chi connectivity index (χ1v) is 7.97. The predicted molar refractivity (Wildman–Crippen MR) is 81.2 cm³/mol. The lowest BCUT2D eigenvalue weighted by atomic mass is 10.1. The fraction of sp³-hybridized carbons (Fsp3) is 0.267. The molecule has 1 aliphatic rings. The molecule has 1 aromatic carbocycles. The Morgan fingerprint density at radius 2 is 2.16 bits per heavy atom. The van der Waals surface area contributed by atoms with Gasteiger partial charge in [-0.15, -0.1) is 11.3 Å². The molecule has 3 rings (SSSR count). The summed E-state index contributed by atoms with van der Waals surface area (Å²) in [6.45, 7) is 0.646. The number of benzene rings is 1. The minimum absolute atomic E-state index is 0.0873. The van der Waals surface area contributed by atoms with Crippen molar-refractivity contribution in [3.05, 3.63) is 56.2 Å². The molecular formula is C15H14BrNOS. The van der Waals surface area contributed by atoms with E-state index in [0.717, 1.165) is 17.3 Å². The Labute approximate surface area is 125 Å². The van der Waals surface area contributed by atoms with E-state index in [0.29, 0.717) is 6.54 Å². The largest absolute Gasteiger partial charge is 0.351 e. The molecule has 0 bridgehead atoms. The van der Waals surface area contributed by atoms with Crippen LogP contribution in [0.1, 0.15) is 16.0 Å². The Hall–Kier alpha value is -1.13. The lowest BCUT2D eigenvalue weighted by Crippen LogP contribution is -2.30. The second-order valence-corrected chi connectivity index (χ2v) is 6.76. The molecule has 0 saturated carbocycles. The number of nitrogens with one attached hydrogen (secondary N) is 1. The van der Waals surface area contributed by atoms with Crippen molar-refractivity contribution >= 4 is 33.2 Å². The maximum Gasteiger partial charge on any atom is 0.224 e. The molecule has 19 heavy (non-hydrogen) atoms. The van der Waals surface area contributed by atoms with Gasteiger partial charge in [-0.1, -0.05) is 28.1 Å². The van der Waals surface area contributed by atoms with Crippen molar-refractivity contribution in [1.29, 1.82) is 0 Å². The highest BCUT2D eigenvalue weighted by Gasteiger charge is 2.27. The number of halogens is 1.